The van der Waals surface area contributed by atoms with Crippen LogP contribution in [-0.2, 0) is 0 Å². The minimum atomic E-state index is 0.564. The van der Waals surface area contributed by atoms with Gasteiger partial charge in [-0.25, -0.2) is 9.97 Å². The topological polar surface area (TPSA) is 61.4 Å². The smallest absolute Gasteiger partial charge is 0.238 e. The molecule has 9 rings (SSSR count). The Morgan fingerprint density at radius 3 is 1.45 bits per heavy atom. The molecule has 0 aliphatic rings. The Bertz CT molecular complexity index is 2420. The second-order valence-electron chi connectivity index (χ2n) is 10.8. The van der Waals surface area contributed by atoms with Gasteiger partial charge in [-0.2, -0.15) is 9.97 Å². The molecule has 0 amide bonds. The summed E-state index contributed by atoms with van der Waals surface area (Å²) in [7, 11) is 0. The van der Waals surface area contributed by atoms with Crippen molar-refractivity contribution in [2.45, 2.75) is 0 Å². The van der Waals surface area contributed by atoms with E-state index >= 15 is 0 Å². The molecule has 0 saturated heterocycles. The molecule has 0 atom stereocenters. The number of benzene rings is 5. The van der Waals surface area contributed by atoms with Crippen molar-refractivity contribution in [1.29, 1.82) is 0 Å². The summed E-state index contributed by atoms with van der Waals surface area (Å²) in [4.78, 5) is 20.1. The van der Waals surface area contributed by atoms with Gasteiger partial charge >= 0.3 is 0 Å². The Morgan fingerprint density at radius 1 is 0.386 bits per heavy atom. The Labute approximate surface area is 252 Å². The van der Waals surface area contributed by atoms with Gasteiger partial charge in [0.25, 0.3) is 0 Å². The van der Waals surface area contributed by atoms with Gasteiger partial charge < -0.3 is 0 Å². The van der Waals surface area contributed by atoms with Crippen LogP contribution in [-0.4, -0.2) is 29.1 Å². The third-order valence-electron chi connectivity index (χ3n) is 8.23. The molecule has 0 bridgehead atoms. The highest BCUT2D eigenvalue weighted by molar-refractivity contribution is 6.23. The van der Waals surface area contributed by atoms with Crippen LogP contribution < -0.4 is 0 Å². The third-order valence-corrected chi connectivity index (χ3v) is 8.23. The molecule has 0 radical (unpaired) electrons. The molecule has 9 aromatic rings. The quantitative estimate of drug-likeness (QED) is 0.214. The summed E-state index contributed by atoms with van der Waals surface area (Å²) >= 11 is 0. The number of aromatic nitrogens is 6. The fourth-order valence-electron chi connectivity index (χ4n) is 6.33. The molecule has 0 unspecified atom stereocenters. The Morgan fingerprint density at radius 2 is 0.886 bits per heavy atom. The highest BCUT2D eigenvalue weighted by atomic mass is 15.2. The monoisotopic (exact) mass is 564 g/mol. The molecule has 0 aliphatic heterocycles. The van der Waals surface area contributed by atoms with Gasteiger partial charge in [0.05, 0.1) is 22.1 Å². The summed E-state index contributed by atoms with van der Waals surface area (Å²) in [6, 6.07) is 47.7. The van der Waals surface area contributed by atoms with E-state index in [1.54, 1.807) is 0 Å². The van der Waals surface area contributed by atoms with E-state index in [0.717, 1.165) is 60.6 Å². The van der Waals surface area contributed by atoms with E-state index in [1.165, 1.54) is 0 Å². The normalized spacial score (nSPS) is 11.6. The summed E-state index contributed by atoms with van der Waals surface area (Å²) in [6.45, 7) is 0. The predicted octanol–water partition coefficient (Wildman–Crippen LogP) is 8.79. The van der Waals surface area contributed by atoms with Crippen LogP contribution in [0.15, 0.2) is 146 Å². The maximum absolute atomic E-state index is 5.15. The number of pyridine rings is 1. The van der Waals surface area contributed by atoms with Crippen molar-refractivity contribution in [3.8, 4) is 34.5 Å². The SMILES string of the molecule is c1ccc(-c2nc(-c3ccccc3)nc(-n3c4ccccc4c4ccc5c6ccccc6n(-c6ccccn6)c5c43)n2)cc1. The number of hydrogen-bond donors (Lipinski definition) is 0. The van der Waals surface area contributed by atoms with E-state index in [2.05, 4.69) is 75.9 Å². The zero-order valence-electron chi connectivity index (χ0n) is 23.5. The lowest BCUT2D eigenvalue weighted by molar-refractivity contribution is 0.952. The minimum absolute atomic E-state index is 0.564. The number of fused-ring (bicyclic) bond motifs is 7. The molecule has 44 heavy (non-hydrogen) atoms. The van der Waals surface area contributed by atoms with Crippen molar-refractivity contribution in [3.63, 3.8) is 0 Å². The van der Waals surface area contributed by atoms with Gasteiger partial charge in [0.15, 0.2) is 11.6 Å². The maximum Gasteiger partial charge on any atom is 0.238 e. The van der Waals surface area contributed by atoms with Crippen molar-refractivity contribution < 1.29 is 0 Å². The van der Waals surface area contributed by atoms with Crippen molar-refractivity contribution in [1.82, 2.24) is 29.1 Å². The Kier molecular flexibility index (Phi) is 5.40. The van der Waals surface area contributed by atoms with E-state index in [1.807, 2.05) is 79.0 Å². The summed E-state index contributed by atoms with van der Waals surface area (Å²) in [5, 5.41) is 4.56. The molecule has 6 heteroatoms. The molecule has 0 spiro atoms. The highest BCUT2D eigenvalue weighted by Crippen LogP contribution is 2.41. The minimum Gasteiger partial charge on any atom is -0.292 e. The van der Waals surface area contributed by atoms with Gasteiger partial charge in [-0.3, -0.25) is 9.13 Å². The van der Waals surface area contributed by atoms with Gasteiger partial charge in [-0.15, -0.1) is 0 Å². The second-order valence-corrected chi connectivity index (χ2v) is 10.8. The Balaban J connectivity index is 1.48. The molecule has 0 saturated carbocycles. The summed E-state index contributed by atoms with van der Waals surface area (Å²) in [5.74, 6) is 2.67. The average molecular weight is 565 g/mol. The molecule has 4 aromatic heterocycles. The molecule has 0 fully saturated rings. The predicted molar refractivity (Wildman–Crippen MR) is 177 cm³/mol. The van der Waals surface area contributed by atoms with E-state index in [0.29, 0.717) is 17.6 Å². The summed E-state index contributed by atoms with van der Waals surface area (Å²) in [6.07, 6.45) is 1.84. The molecule has 0 aliphatic carbocycles. The van der Waals surface area contributed by atoms with Crippen molar-refractivity contribution in [2.75, 3.05) is 0 Å². The van der Waals surface area contributed by atoms with Crippen LogP contribution in [0.4, 0.5) is 0 Å². The van der Waals surface area contributed by atoms with Gasteiger partial charge in [-0.05, 0) is 24.3 Å². The van der Waals surface area contributed by atoms with E-state index in [4.69, 9.17) is 19.9 Å². The largest absolute Gasteiger partial charge is 0.292 e. The van der Waals surface area contributed by atoms with Crippen LogP contribution in [0.1, 0.15) is 0 Å². The fraction of sp³-hybridized carbons (Fsp3) is 0. The first kappa shape index (κ1) is 24.5. The van der Waals surface area contributed by atoms with Crippen LogP contribution in [0.2, 0.25) is 0 Å². The lowest BCUT2D eigenvalue weighted by Gasteiger charge is -2.13. The zero-order valence-corrected chi connectivity index (χ0v) is 23.5. The lowest BCUT2D eigenvalue weighted by atomic mass is 10.1. The van der Waals surface area contributed by atoms with Crippen molar-refractivity contribution in [2.24, 2.45) is 0 Å². The second kappa shape index (κ2) is 9.71. The molecule has 0 N–H and O–H groups in total. The van der Waals surface area contributed by atoms with Gasteiger partial charge in [0, 0.05) is 38.9 Å². The van der Waals surface area contributed by atoms with Crippen LogP contribution in [0.3, 0.4) is 0 Å². The summed E-state index contributed by atoms with van der Waals surface area (Å²) < 4.78 is 4.46. The molecule has 5 aromatic carbocycles. The number of hydrogen-bond acceptors (Lipinski definition) is 4. The third kappa shape index (κ3) is 3.68. The average Bonchev–Trinajstić information content (AvgIpc) is 3.62. The van der Waals surface area contributed by atoms with E-state index < -0.39 is 0 Å². The van der Waals surface area contributed by atoms with E-state index in [9.17, 15) is 0 Å². The lowest BCUT2D eigenvalue weighted by Crippen LogP contribution is -2.07. The van der Waals surface area contributed by atoms with Gasteiger partial charge in [0.2, 0.25) is 5.95 Å². The number of nitrogens with zero attached hydrogens (tertiary/aromatic N) is 6. The van der Waals surface area contributed by atoms with Crippen LogP contribution in [0, 0.1) is 0 Å². The number of rotatable bonds is 4. The number of para-hydroxylation sites is 2. The fourth-order valence-corrected chi connectivity index (χ4v) is 6.33. The first-order chi connectivity index (χ1) is 21.8. The Hall–Kier alpha value is -6.14. The molecular formula is C38H24N6. The van der Waals surface area contributed by atoms with Crippen molar-refractivity contribution >= 4 is 43.6 Å². The zero-order chi connectivity index (χ0) is 29.0. The molecule has 206 valence electrons. The van der Waals surface area contributed by atoms with Crippen molar-refractivity contribution in [3.05, 3.63) is 146 Å². The molecule has 6 nitrogen and oxygen atoms in total. The van der Waals surface area contributed by atoms with Crippen LogP contribution in [0.25, 0.3) is 78.2 Å². The molecule has 4 heterocycles. The maximum atomic E-state index is 5.15. The summed E-state index contributed by atoms with van der Waals surface area (Å²) in [5.41, 5.74) is 6.06. The standard InChI is InChI=1S/C38H24N6/c1-3-13-25(14-4-1)36-40-37(26-15-5-2-6-16-26)42-38(41-36)44-32-20-10-8-18-28(32)30-23-22-29-27-17-7-9-19-31(27)43(34(29)35(30)44)33-21-11-12-24-39-33/h1-24H. The van der Waals surface area contributed by atoms with Crippen LogP contribution in [0.5, 0.6) is 0 Å². The van der Waals surface area contributed by atoms with Crippen LogP contribution >= 0.6 is 0 Å². The van der Waals surface area contributed by atoms with Gasteiger partial charge in [0.1, 0.15) is 5.82 Å². The van der Waals surface area contributed by atoms with E-state index in [-0.39, 0.29) is 0 Å². The first-order valence-corrected chi connectivity index (χ1v) is 14.6. The van der Waals surface area contributed by atoms with Gasteiger partial charge in [-0.1, -0.05) is 115 Å². The highest BCUT2D eigenvalue weighted by Gasteiger charge is 2.23. The first-order valence-electron chi connectivity index (χ1n) is 14.6. The molecular weight excluding hydrogens is 540 g/mol.